The lowest BCUT2D eigenvalue weighted by molar-refractivity contribution is 0.238. The van der Waals surface area contributed by atoms with Crippen LogP contribution in [0.5, 0.6) is 0 Å². The number of unbranched alkanes of at least 4 members (excludes halogenated alkanes) is 2. The lowest BCUT2D eigenvalue weighted by atomic mass is 10.2. The van der Waals surface area contributed by atoms with Crippen LogP contribution in [0.1, 0.15) is 33.1 Å². The molecule has 0 radical (unpaired) electrons. The Morgan fingerprint density at radius 3 is 2.54 bits per heavy atom. The van der Waals surface area contributed by atoms with E-state index in [9.17, 15) is 4.79 Å². The molecule has 2 amide bonds. The number of nitrogens with two attached hydrogens (primary N) is 1. The van der Waals surface area contributed by atoms with Gasteiger partial charge < -0.3 is 16.4 Å². The van der Waals surface area contributed by atoms with E-state index in [2.05, 4.69) is 10.6 Å². The average Bonchev–Trinajstić information content (AvgIpc) is 2.02. The molecule has 0 aliphatic carbocycles. The van der Waals surface area contributed by atoms with E-state index >= 15 is 0 Å². The number of carbonyl (C=O) groups is 1. The Morgan fingerprint density at radius 1 is 1.31 bits per heavy atom. The van der Waals surface area contributed by atoms with Crippen molar-refractivity contribution in [1.82, 2.24) is 10.6 Å². The second-order valence-electron chi connectivity index (χ2n) is 3.40. The Balaban J connectivity index is 3.17. The summed E-state index contributed by atoms with van der Waals surface area (Å²) >= 11 is 0. The normalized spacial score (nSPS) is 10.2. The minimum atomic E-state index is -0.0808. The quantitative estimate of drug-likeness (QED) is 0.539. The fourth-order valence-electron chi connectivity index (χ4n) is 0.961. The van der Waals surface area contributed by atoms with Crippen molar-refractivity contribution in [1.29, 1.82) is 0 Å². The number of nitrogens with one attached hydrogen (secondary N) is 2. The summed E-state index contributed by atoms with van der Waals surface area (Å²) in [5.74, 6) is 0. The lowest BCUT2D eigenvalue weighted by Crippen LogP contribution is -2.39. The molecule has 0 rings (SSSR count). The highest BCUT2D eigenvalue weighted by Crippen LogP contribution is 1.90. The Morgan fingerprint density at radius 2 is 2.00 bits per heavy atom. The van der Waals surface area contributed by atoms with Crippen molar-refractivity contribution in [3.8, 4) is 0 Å². The van der Waals surface area contributed by atoms with Crippen LogP contribution in [0.25, 0.3) is 0 Å². The molecular weight excluding hydrogens is 166 g/mol. The maximum Gasteiger partial charge on any atom is 0.314 e. The molecule has 0 aromatic carbocycles. The monoisotopic (exact) mass is 187 g/mol. The summed E-state index contributed by atoms with van der Waals surface area (Å²) in [6.45, 7) is 5.35. The summed E-state index contributed by atoms with van der Waals surface area (Å²) in [7, 11) is 0. The van der Waals surface area contributed by atoms with Crippen molar-refractivity contribution in [2.75, 3.05) is 13.1 Å². The van der Waals surface area contributed by atoms with Gasteiger partial charge in [-0.3, -0.25) is 0 Å². The molecule has 0 bridgehead atoms. The maximum absolute atomic E-state index is 11.0. The third kappa shape index (κ3) is 9.14. The first-order valence-electron chi connectivity index (χ1n) is 4.91. The molecule has 4 N–H and O–H groups in total. The zero-order valence-corrected chi connectivity index (χ0v) is 8.60. The number of amides is 2. The van der Waals surface area contributed by atoms with E-state index in [1.54, 1.807) is 0 Å². The van der Waals surface area contributed by atoms with Gasteiger partial charge in [-0.1, -0.05) is 6.42 Å². The molecule has 4 nitrogen and oxygen atoms in total. The number of carbonyl (C=O) groups excluding carboxylic acids is 1. The van der Waals surface area contributed by atoms with Gasteiger partial charge in [-0.05, 0) is 33.2 Å². The molecule has 0 unspecified atom stereocenters. The van der Waals surface area contributed by atoms with Crippen molar-refractivity contribution < 1.29 is 4.79 Å². The Bertz CT molecular complexity index is 137. The standard InChI is InChI=1S/C9H21N3O/c1-8(2)12-9(13)11-7-5-3-4-6-10/h8H,3-7,10H2,1-2H3,(H2,11,12,13). The van der Waals surface area contributed by atoms with Crippen LogP contribution in [0.3, 0.4) is 0 Å². The van der Waals surface area contributed by atoms with E-state index in [0.717, 1.165) is 32.4 Å². The maximum atomic E-state index is 11.0. The van der Waals surface area contributed by atoms with Crippen LogP contribution in [0.2, 0.25) is 0 Å². The highest BCUT2D eigenvalue weighted by Gasteiger charge is 1.99. The van der Waals surface area contributed by atoms with Gasteiger partial charge in [0.05, 0.1) is 0 Å². The molecule has 13 heavy (non-hydrogen) atoms. The van der Waals surface area contributed by atoms with Crippen LogP contribution in [0.4, 0.5) is 4.79 Å². The topological polar surface area (TPSA) is 67.2 Å². The van der Waals surface area contributed by atoms with Crippen LogP contribution >= 0.6 is 0 Å². The smallest absolute Gasteiger partial charge is 0.314 e. The number of hydrogen-bond acceptors (Lipinski definition) is 2. The van der Waals surface area contributed by atoms with Gasteiger partial charge in [0.25, 0.3) is 0 Å². The van der Waals surface area contributed by atoms with Gasteiger partial charge in [-0.15, -0.1) is 0 Å². The molecule has 0 aliphatic rings. The summed E-state index contributed by atoms with van der Waals surface area (Å²) in [6.07, 6.45) is 3.12. The summed E-state index contributed by atoms with van der Waals surface area (Å²) in [5, 5.41) is 5.54. The van der Waals surface area contributed by atoms with Gasteiger partial charge in [0, 0.05) is 12.6 Å². The fraction of sp³-hybridized carbons (Fsp3) is 0.889. The zero-order chi connectivity index (χ0) is 10.1. The highest BCUT2D eigenvalue weighted by atomic mass is 16.2. The second kappa shape index (κ2) is 7.86. The van der Waals surface area contributed by atoms with Gasteiger partial charge in [0.15, 0.2) is 0 Å². The molecule has 0 aromatic rings. The number of rotatable bonds is 6. The van der Waals surface area contributed by atoms with E-state index in [4.69, 9.17) is 5.73 Å². The molecule has 0 saturated heterocycles. The zero-order valence-electron chi connectivity index (χ0n) is 8.60. The molecule has 0 heterocycles. The molecule has 0 fully saturated rings. The Labute approximate surface area is 80.3 Å². The highest BCUT2D eigenvalue weighted by molar-refractivity contribution is 5.73. The van der Waals surface area contributed by atoms with Crippen molar-refractivity contribution in [2.24, 2.45) is 5.73 Å². The van der Waals surface area contributed by atoms with E-state index < -0.39 is 0 Å². The fourth-order valence-corrected chi connectivity index (χ4v) is 0.961. The minimum absolute atomic E-state index is 0.0808. The van der Waals surface area contributed by atoms with E-state index in [-0.39, 0.29) is 12.1 Å². The average molecular weight is 187 g/mol. The second-order valence-corrected chi connectivity index (χ2v) is 3.40. The van der Waals surface area contributed by atoms with Crippen molar-refractivity contribution >= 4 is 6.03 Å². The van der Waals surface area contributed by atoms with Crippen molar-refractivity contribution in [3.05, 3.63) is 0 Å². The summed E-state index contributed by atoms with van der Waals surface area (Å²) in [6, 6.07) is 0.117. The largest absolute Gasteiger partial charge is 0.338 e. The molecule has 0 spiro atoms. The Kier molecular flexibility index (Phi) is 7.39. The van der Waals surface area contributed by atoms with Crippen LogP contribution in [-0.4, -0.2) is 25.2 Å². The molecule has 0 aromatic heterocycles. The van der Waals surface area contributed by atoms with E-state index in [0.29, 0.717) is 0 Å². The summed E-state index contributed by atoms with van der Waals surface area (Å²) in [5.41, 5.74) is 5.34. The van der Waals surface area contributed by atoms with Gasteiger partial charge in [0.2, 0.25) is 0 Å². The third-order valence-electron chi connectivity index (χ3n) is 1.59. The molecule has 4 heteroatoms. The third-order valence-corrected chi connectivity index (χ3v) is 1.59. The van der Waals surface area contributed by atoms with Crippen LogP contribution in [0, 0.1) is 0 Å². The summed E-state index contributed by atoms with van der Waals surface area (Å²) in [4.78, 5) is 11.0. The summed E-state index contributed by atoms with van der Waals surface area (Å²) < 4.78 is 0. The molecular formula is C9H21N3O. The first-order valence-corrected chi connectivity index (χ1v) is 4.91. The van der Waals surface area contributed by atoms with Gasteiger partial charge in [-0.25, -0.2) is 4.79 Å². The lowest BCUT2D eigenvalue weighted by Gasteiger charge is -2.09. The number of urea groups is 1. The van der Waals surface area contributed by atoms with Crippen molar-refractivity contribution in [2.45, 2.75) is 39.2 Å². The van der Waals surface area contributed by atoms with Crippen LogP contribution in [-0.2, 0) is 0 Å². The molecule has 0 atom stereocenters. The minimum Gasteiger partial charge on any atom is -0.338 e. The number of hydrogen-bond donors (Lipinski definition) is 3. The van der Waals surface area contributed by atoms with Crippen LogP contribution < -0.4 is 16.4 Å². The predicted molar refractivity (Wildman–Crippen MR) is 54.6 cm³/mol. The first-order chi connectivity index (χ1) is 6.16. The van der Waals surface area contributed by atoms with Gasteiger partial charge in [0.1, 0.15) is 0 Å². The molecule has 0 aliphatic heterocycles. The van der Waals surface area contributed by atoms with E-state index in [1.165, 1.54) is 0 Å². The van der Waals surface area contributed by atoms with Crippen molar-refractivity contribution in [3.63, 3.8) is 0 Å². The Hall–Kier alpha value is -0.770. The van der Waals surface area contributed by atoms with Gasteiger partial charge >= 0.3 is 6.03 Å². The SMILES string of the molecule is CC(C)NC(=O)NCCCCCN. The van der Waals surface area contributed by atoms with E-state index in [1.807, 2.05) is 13.8 Å². The predicted octanol–water partition coefficient (Wildman–Crippen LogP) is 0.823. The molecule has 78 valence electrons. The van der Waals surface area contributed by atoms with Crippen LogP contribution in [0.15, 0.2) is 0 Å². The molecule has 0 saturated carbocycles. The van der Waals surface area contributed by atoms with Gasteiger partial charge in [-0.2, -0.15) is 0 Å². The first kappa shape index (κ1) is 12.2.